The molecule has 0 spiro atoms. The van der Waals surface area contributed by atoms with E-state index in [4.69, 9.17) is 0 Å². The van der Waals surface area contributed by atoms with Crippen molar-refractivity contribution in [3.63, 3.8) is 0 Å². The van der Waals surface area contributed by atoms with E-state index in [9.17, 15) is 5.11 Å². The number of aryl methyl sites for hydroxylation is 1. The van der Waals surface area contributed by atoms with E-state index in [1.807, 2.05) is 26.2 Å². The molecule has 0 fully saturated rings. The standard InChI is InChI=1S/C12H15N3O/c1-9-10(7-13-2)8-15(14-9)11-4-3-5-12(16)6-11/h3-6,8,13,16H,7H2,1-2H3. The summed E-state index contributed by atoms with van der Waals surface area (Å²) >= 11 is 0. The number of aromatic hydroxyl groups is 1. The van der Waals surface area contributed by atoms with Crippen molar-refractivity contribution in [2.45, 2.75) is 13.5 Å². The Labute approximate surface area is 94.5 Å². The lowest BCUT2D eigenvalue weighted by Crippen LogP contribution is -2.05. The fourth-order valence-electron chi connectivity index (χ4n) is 1.63. The molecule has 0 saturated heterocycles. The van der Waals surface area contributed by atoms with E-state index >= 15 is 0 Å². The topological polar surface area (TPSA) is 50.1 Å². The maximum Gasteiger partial charge on any atom is 0.117 e. The van der Waals surface area contributed by atoms with Gasteiger partial charge in [-0.25, -0.2) is 4.68 Å². The molecule has 1 heterocycles. The van der Waals surface area contributed by atoms with Crippen LogP contribution in [0.4, 0.5) is 0 Å². The van der Waals surface area contributed by atoms with Gasteiger partial charge in [0.05, 0.1) is 11.4 Å². The largest absolute Gasteiger partial charge is 0.508 e. The van der Waals surface area contributed by atoms with E-state index in [1.165, 1.54) is 0 Å². The first kappa shape index (κ1) is 10.7. The summed E-state index contributed by atoms with van der Waals surface area (Å²) in [4.78, 5) is 0. The van der Waals surface area contributed by atoms with Crippen LogP contribution in [0.3, 0.4) is 0 Å². The Bertz CT molecular complexity index is 491. The maximum absolute atomic E-state index is 9.40. The second-order valence-electron chi connectivity index (χ2n) is 3.73. The third-order valence-corrected chi connectivity index (χ3v) is 2.46. The molecule has 0 unspecified atom stereocenters. The summed E-state index contributed by atoms with van der Waals surface area (Å²) in [6.07, 6.45) is 1.97. The van der Waals surface area contributed by atoms with Gasteiger partial charge in [0.25, 0.3) is 0 Å². The van der Waals surface area contributed by atoms with Gasteiger partial charge < -0.3 is 10.4 Å². The number of nitrogens with one attached hydrogen (secondary N) is 1. The second kappa shape index (κ2) is 4.37. The highest BCUT2D eigenvalue weighted by Crippen LogP contribution is 2.16. The zero-order valence-electron chi connectivity index (χ0n) is 9.44. The average molecular weight is 217 g/mol. The molecule has 4 heteroatoms. The van der Waals surface area contributed by atoms with Crippen molar-refractivity contribution in [2.75, 3.05) is 7.05 Å². The molecule has 84 valence electrons. The van der Waals surface area contributed by atoms with Crippen LogP contribution in [0.15, 0.2) is 30.5 Å². The zero-order chi connectivity index (χ0) is 11.5. The minimum Gasteiger partial charge on any atom is -0.508 e. The minimum atomic E-state index is 0.251. The number of phenols is 1. The van der Waals surface area contributed by atoms with E-state index in [1.54, 1.807) is 22.9 Å². The monoisotopic (exact) mass is 217 g/mol. The molecule has 1 aromatic heterocycles. The van der Waals surface area contributed by atoms with Crippen LogP contribution in [-0.2, 0) is 6.54 Å². The van der Waals surface area contributed by atoms with E-state index < -0.39 is 0 Å². The molecule has 1 aromatic carbocycles. The molecule has 0 amide bonds. The molecule has 0 saturated carbocycles. The van der Waals surface area contributed by atoms with Gasteiger partial charge >= 0.3 is 0 Å². The number of benzene rings is 1. The Morgan fingerprint density at radius 3 is 2.94 bits per heavy atom. The second-order valence-corrected chi connectivity index (χ2v) is 3.73. The molecule has 4 nitrogen and oxygen atoms in total. The molecule has 2 rings (SSSR count). The van der Waals surface area contributed by atoms with Gasteiger partial charge in [-0.1, -0.05) is 6.07 Å². The van der Waals surface area contributed by atoms with Crippen molar-refractivity contribution in [1.29, 1.82) is 0 Å². The van der Waals surface area contributed by atoms with Gasteiger partial charge in [0.2, 0.25) is 0 Å². The highest BCUT2D eigenvalue weighted by molar-refractivity contribution is 5.38. The van der Waals surface area contributed by atoms with Gasteiger partial charge in [0, 0.05) is 24.4 Å². The quantitative estimate of drug-likeness (QED) is 0.821. The van der Waals surface area contributed by atoms with Gasteiger partial charge in [0.1, 0.15) is 5.75 Å². The Kier molecular flexibility index (Phi) is 2.92. The Balaban J connectivity index is 2.37. The first-order valence-electron chi connectivity index (χ1n) is 5.20. The van der Waals surface area contributed by atoms with Crippen LogP contribution in [0.25, 0.3) is 5.69 Å². The molecule has 2 aromatic rings. The van der Waals surface area contributed by atoms with Gasteiger partial charge in [-0.2, -0.15) is 5.10 Å². The first-order chi connectivity index (χ1) is 7.70. The summed E-state index contributed by atoms with van der Waals surface area (Å²) in [5.74, 6) is 0.251. The minimum absolute atomic E-state index is 0.251. The Morgan fingerprint density at radius 1 is 1.44 bits per heavy atom. The van der Waals surface area contributed by atoms with E-state index in [0.29, 0.717) is 0 Å². The normalized spacial score (nSPS) is 10.6. The van der Waals surface area contributed by atoms with Gasteiger partial charge in [-0.15, -0.1) is 0 Å². The summed E-state index contributed by atoms with van der Waals surface area (Å²) in [5.41, 5.74) is 3.02. The lowest BCUT2D eigenvalue weighted by molar-refractivity contribution is 0.475. The van der Waals surface area contributed by atoms with Gasteiger partial charge in [-0.05, 0) is 26.1 Å². The van der Waals surface area contributed by atoms with Crippen molar-refractivity contribution in [2.24, 2.45) is 0 Å². The number of rotatable bonds is 3. The van der Waals surface area contributed by atoms with E-state index in [-0.39, 0.29) is 5.75 Å². The zero-order valence-corrected chi connectivity index (χ0v) is 9.44. The molecule has 0 radical (unpaired) electrons. The van der Waals surface area contributed by atoms with Gasteiger partial charge in [0.15, 0.2) is 0 Å². The number of hydrogen-bond donors (Lipinski definition) is 2. The Hall–Kier alpha value is -1.81. The summed E-state index contributed by atoms with van der Waals surface area (Å²) < 4.78 is 1.78. The molecule has 0 bridgehead atoms. The van der Waals surface area contributed by atoms with Crippen molar-refractivity contribution >= 4 is 0 Å². The number of phenolic OH excluding ortho intramolecular Hbond substituents is 1. The van der Waals surface area contributed by atoms with Crippen LogP contribution >= 0.6 is 0 Å². The fourth-order valence-corrected chi connectivity index (χ4v) is 1.63. The summed E-state index contributed by atoms with van der Waals surface area (Å²) in [5, 5.41) is 16.9. The summed E-state index contributed by atoms with van der Waals surface area (Å²) in [6, 6.07) is 7.05. The number of hydrogen-bond acceptors (Lipinski definition) is 3. The molecule has 0 aliphatic rings. The lowest BCUT2D eigenvalue weighted by Gasteiger charge is -2.00. The van der Waals surface area contributed by atoms with Gasteiger partial charge in [-0.3, -0.25) is 0 Å². The van der Waals surface area contributed by atoms with Crippen LogP contribution in [0.1, 0.15) is 11.3 Å². The fraction of sp³-hybridized carbons (Fsp3) is 0.250. The van der Waals surface area contributed by atoms with E-state index in [2.05, 4.69) is 10.4 Å². The SMILES string of the molecule is CNCc1cn(-c2cccc(O)c2)nc1C. The van der Waals surface area contributed by atoms with E-state index in [0.717, 1.165) is 23.5 Å². The van der Waals surface area contributed by atoms with Crippen molar-refractivity contribution in [1.82, 2.24) is 15.1 Å². The predicted octanol–water partition coefficient (Wildman–Crippen LogP) is 1.61. The highest BCUT2D eigenvalue weighted by Gasteiger charge is 2.05. The molecule has 0 atom stereocenters. The maximum atomic E-state index is 9.40. The van der Waals surface area contributed by atoms with Crippen LogP contribution in [-0.4, -0.2) is 21.9 Å². The van der Waals surface area contributed by atoms with Crippen LogP contribution in [0, 0.1) is 6.92 Å². The summed E-state index contributed by atoms with van der Waals surface area (Å²) in [7, 11) is 1.91. The smallest absolute Gasteiger partial charge is 0.117 e. The average Bonchev–Trinajstić information content (AvgIpc) is 2.61. The third kappa shape index (κ3) is 2.06. The van der Waals surface area contributed by atoms with Crippen LogP contribution < -0.4 is 5.32 Å². The van der Waals surface area contributed by atoms with Crippen LogP contribution in [0.2, 0.25) is 0 Å². The molecular weight excluding hydrogens is 202 g/mol. The molecule has 0 aliphatic carbocycles. The third-order valence-electron chi connectivity index (χ3n) is 2.46. The summed E-state index contributed by atoms with van der Waals surface area (Å²) in [6.45, 7) is 2.77. The Morgan fingerprint density at radius 2 is 2.25 bits per heavy atom. The van der Waals surface area contributed by atoms with Crippen LogP contribution in [0.5, 0.6) is 5.75 Å². The molecule has 0 aliphatic heterocycles. The lowest BCUT2D eigenvalue weighted by atomic mass is 10.2. The number of nitrogens with zero attached hydrogens (tertiary/aromatic N) is 2. The predicted molar refractivity (Wildman–Crippen MR) is 62.7 cm³/mol. The van der Waals surface area contributed by atoms with Crippen molar-refractivity contribution in [3.8, 4) is 11.4 Å². The van der Waals surface area contributed by atoms with Crippen molar-refractivity contribution < 1.29 is 5.11 Å². The molecule has 2 N–H and O–H groups in total. The number of aromatic nitrogens is 2. The molecule has 16 heavy (non-hydrogen) atoms. The highest BCUT2D eigenvalue weighted by atomic mass is 16.3. The first-order valence-corrected chi connectivity index (χ1v) is 5.20. The van der Waals surface area contributed by atoms with Crippen molar-refractivity contribution in [3.05, 3.63) is 41.7 Å². The molecular formula is C12H15N3O.